The van der Waals surface area contributed by atoms with Crippen LogP contribution < -0.4 is 15.1 Å². The largest absolute Gasteiger partial charge is 0.490 e. The van der Waals surface area contributed by atoms with Gasteiger partial charge in [0, 0.05) is 6.07 Å². The highest BCUT2D eigenvalue weighted by atomic mass is 16.6. The molecule has 1 atom stereocenters. The molecule has 0 saturated carbocycles. The smallest absolute Gasteiger partial charge is 0.336 e. The van der Waals surface area contributed by atoms with Crippen molar-refractivity contribution in [2.24, 2.45) is 0 Å². The number of fused-ring (bicyclic) bond motifs is 2. The quantitative estimate of drug-likeness (QED) is 0.544. The molecule has 6 nitrogen and oxygen atoms in total. The summed E-state index contributed by atoms with van der Waals surface area (Å²) in [4.78, 5) is 11.6. The van der Waals surface area contributed by atoms with Crippen molar-refractivity contribution >= 4 is 21.9 Å². The summed E-state index contributed by atoms with van der Waals surface area (Å²) >= 11 is 0. The van der Waals surface area contributed by atoms with Crippen LogP contribution in [0.3, 0.4) is 0 Å². The molecule has 0 bridgehead atoms. The van der Waals surface area contributed by atoms with Crippen molar-refractivity contribution in [3.8, 4) is 11.5 Å². The fourth-order valence-corrected chi connectivity index (χ4v) is 2.74. The topological polar surface area (TPSA) is 74.3 Å². The summed E-state index contributed by atoms with van der Waals surface area (Å²) in [7, 11) is 1.50. The fraction of sp³-hybridized carbons (Fsp3) is 0.353. The number of hydrogen-bond acceptors (Lipinski definition) is 6. The van der Waals surface area contributed by atoms with E-state index in [-0.39, 0.29) is 11.7 Å². The molecule has 0 amide bonds. The number of epoxide rings is 1. The number of methoxy groups -OCH3 is 1. The van der Waals surface area contributed by atoms with Crippen LogP contribution in [0.4, 0.5) is 0 Å². The van der Waals surface area contributed by atoms with Crippen LogP contribution in [0.15, 0.2) is 38.1 Å². The zero-order valence-electron chi connectivity index (χ0n) is 13.0. The molecule has 0 N–H and O–H groups in total. The highest BCUT2D eigenvalue weighted by Gasteiger charge is 2.48. The predicted molar refractivity (Wildman–Crippen MR) is 83.3 cm³/mol. The third kappa shape index (κ3) is 2.17. The average Bonchev–Trinajstić information content (AvgIpc) is 2.91. The van der Waals surface area contributed by atoms with Gasteiger partial charge in [-0.3, -0.25) is 0 Å². The minimum absolute atomic E-state index is 0.0392. The fourth-order valence-electron chi connectivity index (χ4n) is 2.74. The summed E-state index contributed by atoms with van der Waals surface area (Å²) in [6.07, 6.45) is 1.59. The van der Waals surface area contributed by atoms with E-state index >= 15 is 0 Å². The second-order valence-corrected chi connectivity index (χ2v) is 6.04. The summed E-state index contributed by atoms with van der Waals surface area (Å²) in [6, 6.07) is 4.83. The number of rotatable bonds is 4. The Bertz CT molecular complexity index is 949. The molecule has 0 radical (unpaired) electrons. The molecular formula is C17H16O6. The van der Waals surface area contributed by atoms with Gasteiger partial charge in [0.25, 0.3) is 0 Å². The molecular weight excluding hydrogens is 300 g/mol. The molecule has 1 saturated heterocycles. The average molecular weight is 316 g/mol. The van der Waals surface area contributed by atoms with E-state index < -0.39 is 5.63 Å². The first-order valence-corrected chi connectivity index (χ1v) is 7.33. The Balaban J connectivity index is 1.89. The maximum atomic E-state index is 11.6. The molecule has 1 fully saturated rings. The molecule has 0 spiro atoms. The van der Waals surface area contributed by atoms with E-state index in [1.165, 1.54) is 13.2 Å². The molecule has 6 heteroatoms. The van der Waals surface area contributed by atoms with Gasteiger partial charge in [0.1, 0.15) is 18.5 Å². The molecule has 0 aliphatic carbocycles. The van der Waals surface area contributed by atoms with E-state index in [0.717, 1.165) is 5.39 Å². The van der Waals surface area contributed by atoms with Gasteiger partial charge in [-0.25, -0.2) is 4.79 Å². The molecule has 1 unspecified atom stereocenters. The van der Waals surface area contributed by atoms with Crippen molar-refractivity contribution in [3.05, 3.63) is 34.9 Å². The van der Waals surface area contributed by atoms with Crippen LogP contribution in [0.5, 0.6) is 11.5 Å². The highest BCUT2D eigenvalue weighted by Crippen LogP contribution is 2.43. The molecule has 1 aromatic carbocycles. The van der Waals surface area contributed by atoms with Gasteiger partial charge in [0.2, 0.25) is 5.75 Å². The monoisotopic (exact) mass is 316 g/mol. The zero-order chi connectivity index (χ0) is 16.2. The van der Waals surface area contributed by atoms with Crippen LogP contribution in [-0.2, 0) is 4.74 Å². The van der Waals surface area contributed by atoms with Gasteiger partial charge in [0.15, 0.2) is 11.2 Å². The maximum Gasteiger partial charge on any atom is 0.336 e. The van der Waals surface area contributed by atoms with Crippen molar-refractivity contribution in [2.45, 2.75) is 25.6 Å². The molecule has 4 rings (SSSR count). The van der Waals surface area contributed by atoms with Gasteiger partial charge in [0.05, 0.1) is 29.7 Å². The minimum atomic E-state index is -0.459. The molecule has 3 aromatic rings. The van der Waals surface area contributed by atoms with Crippen molar-refractivity contribution < 1.29 is 23.0 Å². The lowest BCUT2D eigenvalue weighted by Crippen LogP contribution is -2.12. The molecule has 2 aromatic heterocycles. The Morgan fingerprint density at radius 3 is 2.57 bits per heavy atom. The van der Waals surface area contributed by atoms with Gasteiger partial charge in [-0.2, -0.15) is 0 Å². The normalized spacial score (nSPS) is 19.2. The first-order chi connectivity index (χ1) is 11.0. The summed E-state index contributed by atoms with van der Waals surface area (Å²) in [5.74, 6) is 0.979. The summed E-state index contributed by atoms with van der Waals surface area (Å²) in [6.45, 7) is 4.44. The predicted octanol–water partition coefficient (Wildman–Crippen LogP) is 3.10. The van der Waals surface area contributed by atoms with Gasteiger partial charge < -0.3 is 23.0 Å². The van der Waals surface area contributed by atoms with Gasteiger partial charge in [-0.15, -0.1) is 0 Å². The van der Waals surface area contributed by atoms with Crippen LogP contribution in [0, 0.1) is 0 Å². The van der Waals surface area contributed by atoms with Crippen molar-refractivity contribution in [1.29, 1.82) is 0 Å². The highest BCUT2D eigenvalue weighted by molar-refractivity contribution is 6.06. The number of ether oxygens (including phenoxy) is 3. The van der Waals surface area contributed by atoms with Gasteiger partial charge in [-0.05, 0) is 26.0 Å². The maximum absolute atomic E-state index is 11.6. The second-order valence-electron chi connectivity index (χ2n) is 6.04. The summed E-state index contributed by atoms with van der Waals surface area (Å²) in [5, 5.41) is 1.43. The molecule has 120 valence electrons. The number of furan rings is 1. The van der Waals surface area contributed by atoms with E-state index in [1.807, 2.05) is 13.8 Å². The second kappa shape index (κ2) is 4.76. The lowest BCUT2D eigenvalue weighted by Gasteiger charge is -2.12. The Morgan fingerprint density at radius 2 is 1.87 bits per heavy atom. The van der Waals surface area contributed by atoms with E-state index in [4.69, 9.17) is 23.0 Å². The Labute approximate surface area is 131 Å². The Kier molecular flexibility index (Phi) is 2.93. The minimum Gasteiger partial charge on any atom is -0.490 e. The van der Waals surface area contributed by atoms with E-state index in [2.05, 4.69) is 0 Å². The number of hydrogen-bond donors (Lipinski definition) is 0. The lowest BCUT2D eigenvalue weighted by atomic mass is 10.1. The number of benzene rings is 1. The first-order valence-electron chi connectivity index (χ1n) is 7.33. The van der Waals surface area contributed by atoms with Gasteiger partial charge >= 0.3 is 5.63 Å². The lowest BCUT2D eigenvalue weighted by molar-refractivity contribution is 0.257. The Morgan fingerprint density at radius 1 is 1.13 bits per heavy atom. The van der Waals surface area contributed by atoms with Crippen molar-refractivity contribution in [2.75, 3.05) is 13.7 Å². The summed E-state index contributed by atoms with van der Waals surface area (Å²) in [5.41, 5.74) is 0.178. The van der Waals surface area contributed by atoms with E-state index in [0.29, 0.717) is 34.7 Å². The third-order valence-corrected chi connectivity index (χ3v) is 4.15. The zero-order valence-corrected chi connectivity index (χ0v) is 13.0. The summed E-state index contributed by atoms with van der Waals surface area (Å²) < 4.78 is 27.7. The van der Waals surface area contributed by atoms with Crippen LogP contribution >= 0.6 is 0 Å². The van der Waals surface area contributed by atoms with Crippen LogP contribution in [-0.4, -0.2) is 25.4 Å². The molecule has 3 heterocycles. The standard InChI is InChI=1S/C17H16O6/c1-17(2)11(23-17)8-21-13-9-4-5-12(18)22-15(9)16(19-3)14-10(13)6-7-20-14/h4-7,11H,8H2,1-3H3. The van der Waals surface area contributed by atoms with Crippen molar-refractivity contribution in [3.63, 3.8) is 0 Å². The van der Waals surface area contributed by atoms with E-state index in [1.54, 1.807) is 18.4 Å². The SMILES string of the molecule is COc1c2occc2c(OCC2OC2(C)C)c2ccc(=O)oc12. The first kappa shape index (κ1) is 14.1. The van der Waals surface area contributed by atoms with E-state index in [9.17, 15) is 4.79 Å². The third-order valence-electron chi connectivity index (χ3n) is 4.15. The van der Waals surface area contributed by atoms with Crippen molar-refractivity contribution in [1.82, 2.24) is 0 Å². The Hall–Kier alpha value is -2.47. The molecule has 23 heavy (non-hydrogen) atoms. The van der Waals surface area contributed by atoms with Crippen LogP contribution in [0.2, 0.25) is 0 Å². The van der Waals surface area contributed by atoms with Crippen LogP contribution in [0.25, 0.3) is 21.9 Å². The molecule has 1 aliphatic rings. The van der Waals surface area contributed by atoms with Crippen LogP contribution in [0.1, 0.15) is 13.8 Å². The molecule has 1 aliphatic heterocycles. The van der Waals surface area contributed by atoms with Gasteiger partial charge in [-0.1, -0.05) is 0 Å².